The first-order valence-electron chi connectivity index (χ1n) is 3.63. The first-order valence-corrected chi connectivity index (χ1v) is 3.63. The van der Waals surface area contributed by atoms with Crippen LogP contribution in [0.1, 0.15) is 6.92 Å². The van der Waals surface area contributed by atoms with Crippen molar-refractivity contribution in [2.75, 3.05) is 5.32 Å². The standard InChI is InChI=1S/C8H12N4/c1-7(12-9)6-11-8-2-4-10-5-3-8/h2-6,12H,9H2,1H3,(H,10,11). The molecule has 1 aromatic heterocycles. The molecule has 64 valence electrons. The lowest BCUT2D eigenvalue weighted by molar-refractivity contribution is 0.883. The summed E-state index contributed by atoms with van der Waals surface area (Å²) in [5.41, 5.74) is 4.37. The van der Waals surface area contributed by atoms with Crippen molar-refractivity contribution in [1.29, 1.82) is 0 Å². The summed E-state index contributed by atoms with van der Waals surface area (Å²) in [6.45, 7) is 1.87. The Morgan fingerprint density at radius 2 is 2.17 bits per heavy atom. The van der Waals surface area contributed by atoms with E-state index in [4.69, 9.17) is 5.84 Å². The molecular weight excluding hydrogens is 152 g/mol. The summed E-state index contributed by atoms with van der Waals surface area (Å²) in [5, 5.41) is 3.05. The smallest absolute Gasteiger partial charge is 0.0411 e. The molecule has 0 bridgehead atoms. The molecule has 0 saturated heterocycles. The summed E-state index contributed by atoms with van der Waals surface area (Å²) in [6.07, 6.45) is 5.23. The first-order chi connectivity index (χ1) is 5.83. The Labute approximate surface area is 71.5 Å². The van der Waals surface area contributed by atoms with Crippen LogP contribution in [0.15, 0.2) is 36.4 Å². The second-order valence-electron chi connectivity index (χ2n) is 2.35. The molecule has 0 aromatic carbocycles. The fourth-order valence-electron chi connectivity index (χ4n) is 0.681. The first kappa shape index (κ1) is 8.55. The van der Waals surface area contributed by atoms with E-state index in [2.05, 4.69) is 15.7 Å². The van der Waals surface area contributed by atoms with Gasteiger partial charge in [-0.1, -0.05) is 0 Å². The molecule has 0 fully saturated rings. The summed E-state index contributed by atoms with van der Waals surface area (Å²) >= 11 is 0. The summed E-state index contributed by atoms with van der Waals surface area (Å²) in [4.78, 5) is 3.89. The van der Waals surface area contributed by atoms with Gasteiger partial charge in [0.25, 0.3) is 0 Å². The third-order valence-electron chi connectivity index (χ3n) is 1.36. The fourth-order valence-corrected chi connectivity index (χ4v) is 0.681. The van der Waals surface area contributed by atoms with Crippen molar-refractivity contribution >= 4 is 5.69 Å². The maximum absolute atomic E-state index is 5.17. The molecule has 0 saturated carbocycles. The van der Waals surface area contributed by atoms with Gasteiger partial charge < -0.3 is 10.7 Å². The van der Waals surface area contributed by atoms with Gasteiger partial charge in [0.2, 0.25) is 0 Å². The van der Waals surface area contributed by atoms with Gasteiger partial charge in [-0.3, -0.25) is 10.8 Å². The van der Waals surface area contributed by atoms with Crippen LogP contribution in [0, 0.1) is 0 Å². The largest absolute Gasteiger partial charge is 0.360 e. The molecule has 0 unspecified atom stereocenters. The van der Waals surface area contributed by atoms with Crippen LogP contribution in [-0.2, 0) is 0 Å². The van der Waals surface area contributed by atoms with E-state index < -0.39 is 0 Å². The average Bonchev–Trinajstić information content (AvgIpc) is 2.16. The lowest BCUT2D eigenvalue weighted by Crippen LogP contribution is -2.19. The topological polar surface area (TPSA) is 63.0 Å². The molecule has 4 N–H and O–H groups in total. The van der Waals surface area contributed by atoms with E-state index in [-0.39, 0.29) is 0 Å². The van der Waals surface area contributed by atoms with Crippen molar-refractivity contribution in [2.24, 2.45) is 5.84 Å². The minimum absolute atomic E-state index is 0.867. The van der Waals surface area contributed by atoms with E-state index in [1.54, 1.807) is 18.6 Å². The number of nitrogens with zero attached hydrogens (tertiary/aromatic N) is 1. The lowest BCUT2D eigenvalue weighted by atomic mass is 10.4. The number of aromatic nitrogens is 1. The minimum Gasteiger partial charge on any atom is -0.360 e. The van der Waals surface area contributed by atoms with Crippen LogP contribution >= 0.6 is 0 Å². The molecule has 1 aromatic rings. The van der Waals surface area contributed by atoms with E-state index >= 15 is 0 Å². The molecule has 1 rings (SSSR count). The number of hydrogen-bond donors (Lipinski definition) is 3. The maximum atomic E-state index is 5.17. The van der Waals surface area contributed by atoms with Gasteiger partial charge in [-0.15, -0.1) is 0 Å². The van der Waals surface area contributed by atoms with Crippen molar-refractivity contribution in [3.63, 3.8) is 0 Å². The molecular formula is C8H12N4. The normalized spacial score (nSPS) is 11.0. The number of hydrazine groups is 1. The molecule has 4 nitrogen and oxygen atoms in total. The Morgan fingerprint density at radius 1 is 1.50 bits per heavy atom. The van der Waals surface area contributed by atoms with E-state index in [9.17, 15) is 0 Å². The number of allylic oxidation sites excluding steroid dienone is 1. The van der Waals surface area contributed by atoms with Crippen LogP contribution in [0.3, 0.4) is 0 Å². The van der Waals surface area contributed by atoms with Crippen molar-refractivity contribution in [3.8, 4) is 0 Å². The van der Waals surface area contributed by atoms with Crippen LogP contribution in [-0.4, -0.2) is 4.98 Å². The van der Waals surface area contributed by atoms with Gasteiger partial charge in [0.05, 0.1) is 0 Å². The SMILES string of the molecule is CC(=CNc1ccncc1)NN. The number of anilines is 1. The summed E-state index contributed by atoms with van der Waals surface area (Å²) in [6, 6.07) is 3.75. The molecule has 0 aliphatic heterocycles. The van der Waals surface area contributed by atoms with Crippen molar-refractivity contribution < 1.29 is 0 Å². The Kier molecular flexibility index (Phi) is 3.10. The maximum Gasteiger partial charge on any atom is 0.0411 e. The molecule has 0 aliphatic carbocycles. The van der Waals surface area contributed by atoms with Gasteiger partial charge in [-0.2, -0.15) is 0 Å². The van der Waals surface area contributed by atoms with Crippen LogP contribution in [0.25, 0.3) is 0 Å². The highest BCUT2D eigenvalue weighted by Gasteiger charge is 1.85. The van der Waals surface area contributed by atoms with Gasteiger partial charge >= 0.3 is 0 Å². The van der Waals surface area contributed by atoms with Gasteiger partial charge in [-0.25, -0.2) is 0 Å². The van der Waals surface area contributed by atoms with Crippen LogP contribution in [0.2, 0.25) is 0 Å². The summed E-state index contributed by atoms with van der Waals surface area (Å²) in [7, 11) is 0. The molecule has 12 heavy (non-hydrogen) atoms. The fraction of sp³-hybridized carbons (Fsp3) is 0.125. The average molecular weight is 164 g/mol. The predicted octanol–water partition coefficient (Wildman–Crippen LogP) is 0.818. The Morgan fingerprint density at radius 3 is 2.75 bits per heavy atom. The zero-order valence-corrected chi connectivity index (χ0v) is 6.91. The van der Waals surface area contributed by atoms with Gasteiger partial charge in [0, 0.05) is 30.0 Å². The van der Waals surface area contributed by atoms with Gasteiger partial charge in [0.1, 0.15) is 0 Å². The molecule has 0 amide bonds. The number of hydrogen-bond acceptors (Lipinski definition) is 4. The van der Waals surface area contributed by atoms with Crippen LogP contribution in [0.4, 0.5) is 5.69 Å². The second-order valence-corrected chi connectivity index (χ2v) is 2.35. The van der Waals surface area contributed by atoms with Crippen molar-refractivity contribution in [3.05, 3.63) is 36.4 Å². The minimum atomic E-state index is 0.867. The van der Waals surface area contributed by atoms with E-state index in [0.717, 1.165) is 11.4 Å². The third kappa shape index (κ3) is 2.59. The van der Waals surface area contributed by atoms with Gasteiger partial charge in [-0.05, 0) is 19.1 Å². The van der Waals surface area contributed by atoms with Crippen molar-refractivity contribution in [2.45, 2.75) is 6.92 Å². The molecule has 0 atom stereocenters. The molecule has 0 radical (unpaired) electrons. The Bertz CT molecular complexity index is 255. The highest BCUT2D eigenvalue weighted by Crippen LogP contribution is 2.02. The molecule has 1 heterocycles. The Hall–Kier alpha value is -1.55. The van der Waals surface area contributed by atoms with E-state index in [1.807, 2.05) is 19.1 Å². The number of rotatable bonds is 3. The number of pyridine rings is 1. The quantitative estimate of drug-likeness (QED) is 0.457. The summed E-state index contributed by atoms with van der Waals surface area (Å²) in [5.74, 6) is 5.17. The zero-order valence-electron chi connectivity index (χ0n) is 6.91. The lowest BCUT2D eigenvalue weighted by Gasteiger charge is -2.01. The van der Waals surface area contributed by atoms with Crippen LogP contribution < -0.4 is 16.6 Å². The Balaban J connectivity index is 2.54. The number of nitrogens with one attached hydrogen (secondary N) is 2. The molecule has 0 aliphatic rings. The highest BCUT2D eigenvalue weighted by atomic mass is 15.2. The zero-order chi connectivity index (χ0) is 8.81. The van der Waals surface area contributed by atoms with Gasteiger partial charge in [0.15, 0.2) is 0 Å². The number of nitrogens with two attached hydrogens (primary N) is 1. The van der Waals surface area contributed by atoms with Crippen LogP contribution in [0.5, 0.6) is 0 Å². The third-order valence-corrected chi connectivity index (χ3v) is 1.36. The highest BCUT2D eigenvalue weighted by molar-refractivity contribution is 5.43. The monoisotopic (exact) mass is 164 g/mol. The molecule has 0 spiro atoms. The second kappa shape index (κ2) is 4.35. The predicted molar refractivity (Wildman–Crippen MR) is 48.9 cm³/mol. The summed E-state index contributed by atoms with van der Waals surface area (Å²) < 4.78 is 0. The van der Waals surface area contributed by atoms with E-state index in [1.165, 1.54) is 0 Å². The molecule has 4 heteroatoms. The van der Waals surface area contributed by atoms with Crippen molar-refractivity contribution in [1.82, 2.24) is 10.4 Å². The van der Waals surface area contributed by atoms with E-state index in [0.29, 0.717) is 0 Å².